The Morgan fingerprint density at radius 3 is 2.81 bits per heavy atom. The van der Waals surface area contributed by atoms with Gasteiger partial charge in [0.25, 0.3) is 5.56 Å². The van der Waals surface area contributed by atoms with Gasteiger partial charge in [-0.05, 0) is 30.7 Å². The predicted molar refractivity (Wildman–Crippen MR) is 108 cm³/mol. The second-order valence-electron chi connectivity index (χ2n) is 6.14. The normalized spacial score (nSPS) is 11.0. The third kappa shape index (κ3) is 3.17. The van der Waals surface area contributed by atoms with Crippen LogP contribution in [-0.2, 0) is 11.3 Å². The molecule has 0 saturated carbocycles. The first-order chi connectivity index (χ1) is 13.1. The van der Waals surface area contributed by atoms with Gasteiger partial charge in [-0.3, -0.25) is 14.2 Å². The van der Waals surface area contributed by atoms with Crippen LogP contribution in [0.3, 0.4) is 0 Å². The molecule has 4 aromatic rings. The third-order valence-corrected chi connectivity index (χ3v) is 5.31. The highest BCUT2D eigenvalue weighted by atomic mass is 32.1. The average Bonchev–Trinajstić information content (AvgIpc) is 3.06. The number of hydrogen-bond donors (Lipinski definition) is 1. The van der Waals surface area contributed by atoms with Crippen LogP contribution >= 0.6 is 11.3 Å². The molecule has 0 radical (unpaired) electrons. The fraction of sp³-hybridized carbons (Fsp3) is 0.150. The van der Waals surface area contributed by atoms with Crippen LogP contribution in [0, 0.1) is 6.92 Å². The SMILES string of the molecule is COc1cccc2c(C)cc(=O)n(CC(=O)Nc3nc4ccccc4s3)c12. The summed E-state index contributed by atoms with van der Waals surface area (Å²) < 4.78 is 7.84. The minimum absolute atomic E-state index is 0.119. The number of amides is 1. The summed E-state index contributed by atoms with van der Waals surface area (Å²) in [6, 6.07) is 14.8. The minimum atomic E-state index is -0.313. The Bertz CT molecular complexity index is 1190. The molecule has 0 aliphatic heterocycles. The van der Waals surface area contributed by atoms with Crippen LogP contribution in [0.15, 0.2) is 53.3 Å². The quantitative estimate of drug-likeness (QED) is 0.588. The zero-order valence-electron chi connectivity index (χ0n) is 14.9. The maximum absolute atomic E-state index is 12.6. The molecule has 1 amide bonds. The maximum atomic E-state index is 12.6. The predicted octanol–water partition coefficient (Wildman–Crippen LogP) is 3.57. The molecule has 4 rings (SSSR count). The molecule has 2 aromatic heterocycles. The number of rotatable bonds is 4. The Morgan fingerprint density at radius 2 is 2.04 bits per heavy atom. The van der Waals surface area contributed by atoms with Crippen LogP contribution in [0.4, 0.5) is 5.13 Å². The summed E-state index contributed by atoms with van der Waals surface area (Å²) in [5, 5.41) is 4.18. The zero-order valence-corrected chi connectivity index (χ0v) is 15.7. The highest BCUT2D eigenvalue weighted by Crippen LogP contribution is 2.27. The van der Waals surface area contributed by atoms with Crippen molar-refractivity contribution in [1.82, 2.24) is 9.55 Å². The fourth-order valence-electron chi connectivity index (χ4n) is 3.12. The van der Waals surface area contributed by atoms with E-state index in [9.17, 15) is 9.59 Å². The molecule has 0 saturated heterocycles. The number of thiazole rings is 1. The van der Waals surface area contributed by atoms with Crippen LogP contribution in [0.5, 0.6) is 5.75 Å². The van der Waals surface area contributed by atoms with Gasteiger partial charge in [-0.1, -0.05) is 35.6 Å². The standard InChI is InChI=1S/C20H17N3O3S/c1-12-10-18(25)23(19-13(12)6-5-8-15(19)26-2)11-17(24)22-20-21-14-7-3-4-9-16(14)27-20/h3-10H,11H2,1-2H3,(H,21,22,24). The monoisotopic (exact) mass is 379 g/mol. The van der Waals surface area contributed by atoms with Gasteiger partial charge in [0.15, 0.2) is 5.13 Å². The van der Waals surface area contributed by atoms with E-state index in [1.165, 1.54) is 22.0 Å². The van der Waals surface area contributed by atoms with Crippen LogP contribution in [0.1, 0.15) is 5.56 Å². The van der Waals surface area contributed by atoms with Gasteiger partial charge in [-0.25, -0.2) is 4.98 Å². The highest BCUT2D eigenvalue weighted by Gasteiger charge is 2.15. The lowest BCUT2D eigenvalue weighted by atomic mass is 10.1. The van der Waals surface area contributed by atoms with Crippen LogP contribution in [0.2, 0.25) is 0 Å². The molecule has 0 fully saturated rings. The van der Waals surface area contributed by atoms with Gasteiger partial charge in [0.05, 0.1) is 22.8 Å². The Balaban J connectivity index is 1.70. The zero-order chi connectivity index (χ0) is 19.0. The molecule has 1 N–H and O–H groups in total. The molecule has 2 aromatic carbocycles. The van der Waals surface area contributed by atoms with E-state index in [2.05, 4.69) is 10.3 Å². The number of hydrogen-bond acceptors (Lipinski definition) is 5. The van der Waals surface area contributed by atoms with Gasteiger partial charge >= 0.3 is 0 Å². The van der Waals surface area contributed by atoms with Crippen molar-refractivity contribution in [3.05, 3.63) is 64.4 Å². The number of carbonyl (C=O) groups is 1. The smallest absolute Gasteiger partial charge is 0.251 e. The number of nitrogens with one attached hydrogen (secondary N) is 1. The van der Waals surface area contributed by atoms with E-state index in [-0.39, 0.29) is 18.0 Å². The molecule has 0 unspecified atom stereocenters. The molecule has 27 heavy (non-hydrogen) atoms. The number of benzene rings is 2. The first-order valence-corrected chi connectivity index (χ1v) is 9.21. The van der Waals surface area contributed by atoms with Crippen molar-refractivity contribution >= 4 is 43.5 Å². The number of aromatic nitrogens is 2. The first-order valence-electron chi connectivity index (χ1n) is 8.39. The Labute approximate surface area is 159 Å². The lowest BCUT2D eigenvalue weighted by Crippen LogP contribution is -2.28. The highest BCUT2D eigenvalue weighted by molar-refractivity contribution is 7.22. The van der Waals surface area contributed by atoms with Gasteiger partial charge in [0, 0.05) is 11.5 Å². The summed E-state index contributed by atoms with van der Waals surface area (Å²) in [5.74, 6) is 0.244. The number of aryl methyl sites for hydroxylation is 1. The fourth-order valence-corrected chi connectivity index (χ4v) is 4.00. The summed E-state index contributed by atoms with van der Waals surface area (Å²) in [6.45, 7) is 1.75. The van der Waals surface area contributed by atoms with Crippen LogP contribution in [0.25, 0.3) is 21.1 Å². The van der Waals surface area contributed by atoms with E-state index >= 15 is 0 Å². The first kappa shape index (κ1) is 17.2. The third-order valence-electron chi connectivity index (χ3n) is 4.36. The van der Waals surface area contributed by atoms with Gasteiger partial charge in [-0.2, -0.15) is 0 Å². The molecule has 6 nitrogen and oxygen atoms in total. The number of para-hydroxylation sites is 2. The van der Waals surface area contributed by atoms with E-state index in [0.717, 1.165) is 21.2 Å². The molecule has 0 aliphatic rings. The number of ether oxygens (including phenoxy) is 1. The van der Waals surface area contributed by atoms with Crippen molar-refractivity contribution in [2.75, 3.05) is 12.4 Å². The van der Waals surface area contributed by atoms with Crippen LogP contribution < -0.4 is 15.6 Å². The number of nitrogens with zero attached hydrogens (tertiary/aromatic N) is 2. The van der Waals surface area contributed by atoms with Crippen molar-refractivity contribution in [2.45, 2.75) is 13.5 Å². The molecule has 0 bridgehead atoms. The molecule has 7 heteroatoms. The van der Waals surface area contributed by atoms with Crippen LogP contribution in [-0.4, -0.2) is 22.6 Å². The van der Waals surface area contributed by atoms with E-state index in [0.29, 0.717) is 16.4 Å². The second-order valence-corrected chi connectivity index (χ2v) is 7.17. The summed E-state index contributed by atoms with van der Waals surface area (Å²) in [5.41, 5.74) is 2.04. The van der Waals surface area contributed by atoms with Gasteiger partial charge in [0.1, 0.15) is 12.3 Å². The lowest BCUT2D eigenvalue weighted by Gasteiger charge is -2.14. The van der Waals surface area contributed by atoms with E-state index < -0.39 is 0 Å². The number of fused-ring (bicyclic) bond motifs is 2. The summed E-state index contributed by atoms with van der Waals surface area (Å²) in [6.07, 6.45) is 0. The van der Waals surface area contributed by atoms with Crippen molar-refractivity contribution in [2.24, 2.45) is 0 Å². The van der Waals surface area contributed by atoms with E-state index in [4.69, 9.17) is 4.74 Å². The van der Waals surface area contributed by atoms with Crippen molar-refractivity contribution in [1.29, 1.82) is 0 Å². The largest absolute Gasteiger partial charge is 0.495 e. The average molecular weight is 379 g/mol. The minimum Gasteiger partial charge on any atom is -0.495 e. The number of pyridine rings is 1. The van der Waals surface area contributed by atoms with E-state index in [1.54, 1.807) is 13.2 Å². The maximum Gasteiger partial charge on any atom is 0.251 e. The van der Waals surface area contributed by atoms with Gasteiger partial charge < -0.3 is 10.1 Å². The number of anilines is 1. The molecule has 136 valence electrons. The van der Waals surface area contributed by atoms with Gasteiger partial charge in [0.2, 0.25) is 5.91 Å². The second kappa shape index (κ2) is 6.85. The van der Waals surface area contributed by atoms with Crippen molar-refractivity contribution in [3.8, 4) is 5.75 Å². The Morgan fingerprint density at radius 1 is 1.22 bits per heavy atom. The number of carbonyl (C=O) groups excluding carboxylic acids is 1. The molecule has 2 heterocycles. The Hall–Kier alpha value is -3.19. The number of methoxy groups -OCH3 is 1. The summed E-state index contributed by atoms with van der Waals surface area (Å²) >= 11 is 1.40. The van der Waals surface area contributed by atoms with Crippen molar-refractivity contribution in [3.63, 3.8) is 0 Å². The summed E-state index contributed by atoms with van der Waals surface area (Å²) in [4.78, 5) is 29.6. The van der Waals surface area contributed by atoms with Crippen molar-refractivity contribution < 1.29 is 9.53 Å². The molecular formula is C20H17N3O3S. The topological polar surface area (TPSA) is 73.2 Å². The van der Waals surface area contributed by atoms with E-state index in [1.807, 2.05) is 43.3 Å². The molecular weight excluding hydrogens is 362 g/mol. The lowest BCUT2D eigenvalue weighted by molar-refractivity contribution is -0.116. The molecule has 0 spiro atoms. The Kier molecular flexibility index (Phi) is 4.37. The molecule has 0 atom stereocenters. The molecule has 0 aliphatic carbocycles. The summed E-state index contributed by atoms with van der Waals surface area (Å²) in [7, 11) is 1.55. The van der Waals surface area contributed by atoms with Gasteiger partial charge in [-0.15, -0.1) is 0 Å².